The number of hydrogen-bond donors (Lipinski definition) is 0. The first-order valence-electron chi connectivity index (χ1n) is 3.67. The molecule has 13 heavy (non-hydrogen) atoms. The molecule has 0 N–H and O–H groups in total. The predicted octanol–water partition coefficient (Wildman–Crippen LogP) is 2.77. The van der Waals surface area contributed by atoms with Gasteiger partial charge in [-0.05, 0) is 26.5 Å². The largest absolute Gasteiger partial charge is 0.511 e. The summed E-state index contributed by atoms with van der Waals surface area (Å²) in [5.41, 5.74) is 0. The zero-order valence-corrected chi connectivity index (χ0v) is 11.2. The van der Waals surface area contributed by atoms with Crippen LogP contribution in [0.15, 0.2) is 12.4 Å². The fourth-order valence-electron chi connectivity index (χ4n) is 0.575. The fraction of sp³-hybridized carbons (Fsp3) is 0.500. The maximum absolute atomic E-state index is 2.12. The molecule has 2 nitrogen and oxygen atoms in total. The van der Waals surface area contributed by atoms with Crippen molar-refractivity contribution in [3.05, 3.63) is 33.9 Å². The molecule has 0 fully saturated rings. The standard InChI is InChI=1S/C5H9N2.C3H8.2CH3.Pd/c1-6-3-4-7(2)5-6;1-3-2;;;/h3-5H,1-2H3;3H2,1-2H3;2*1H3;/q-1;;2*-1;. The van der Waals surface area contributed by atoms with Gasteiger partial charge in [0.2, 0.25) is 0 Å². The summed E-state index contributed by atoms with van der Waals surface area (Å²) in [6.07, 6.45) is 5.25. The maximum atomic E-state index is 2.12. The van der Waals surface area contributed by atoms with Crippen LogP contribution in [0.2, 0.25) is 0 Å². The van der Waals surface area contributed by atoms with Gasteiger partial charge in [-0.2, -0.15) is 6.67 Å². The van der Waals surface area contributed by atoms with Crippen molar-refractivity contribution < 1.29 is 20.4 Å². The molecule has 0 bridgehead atoms. The molecular formula is C10H23N2Pd-3. The monoisotopic (exact) mass is 277 g/mol. The van der Waals surface area contributed by atoms with Crippen molar-refractivity contribution in [3.63, 3.8) is 0 Å². The van der Waals surface area contributed by atoms with E-state index in [1.165, 1.54) is 6.42 Å². The average Bonchev–Trinajstić information content (AvgIpc) is 2.17. The molecule has 0 aromatic carbocycles. The van der Waals surface area contributed by atoms with Crippen molar-refractivity contribution >= 4 is 0 Å². The van der Waals surface area contributed by atoms with Crippen molar-refractivity contribution in [3.8, 4) is 0 Å². The SMILES string of the molecule is CCC.CN1C=CN(C)[CH-]1.[CH3-].[CH3-].[Pd]. The number of hydrogen-bond acceptors (Lipinski definition) is 2. The van der Waals surface area contributed by atoms with Crippen LogP contribution in [0.3, 0.4) is 0 Å². The maximum Gasteiger partial charge on any atom is 0 e. The van der Waals surface area contributed by atoms with Crippen molar-refractivity contribution in [2.45, 2.75) is 20.3 Å². The normalized spacial score (nSPS) is 11.7. The number of rotatable bonds is 0. The molecule has 0 spiro atoms. The summed E-state index contributed by atoms with van der Waals surface area (Å²) in [6, 6.07) is 0. The molecule has 0 radical (unpaired) electrons. The van der Waals surface area contributed by atoms with Gasteiger partial charge >= 0.3 is 0 Å². The van der Waals surface area contributed by atoms with Crippen LogP contribution in [-0.4, -0.2) is 23.9 Å². The van der Waals surface area contributed by atoms with Crippen molar-refractivity contribution in [2.24, 2.45) is 0 Å². The summed E-state index contributed by atoms with van der Waals surface area (Å²) in [4.78, 5) is 4.00. The summed E-state index contributed by atoms with van der Waals surface area (Å²) in [5.74, 6) is 0. The van der Waals surface area contributed by atoms with Gasteiger partial charge in [0.25, 0.3) is 0 Å². The van der Waals surface area contributed by atoms with Gasteiger partial charge in [0, 0.05) is 20.4 Å². The zero-order valence-electron chi connectivity index (χ0n) is 9.65. The third-order valence-electron chi connectivity index (χ3n) is 0.901. The van der Waals surface area contributed by atoms with Gasteiger partial charge in [-0.3, -0.25) is 0 Å². The van der Waals surface area contributed by atoms with E-state index in [2.05, 4.69) is 13.8 Å². The molecule has 0 unspecified atom stereocenters. The molecule has 86 valence electrons. The Morgan fingerprint density at radius 2 is 1.23 bits per heavy atom. The molecule has 1 heterocycles. The van der Waals surface area contributed by atoms with Gasteiger partial charge in [0.1, 0.15) is 0 Å². The molecule has 0 amide bonds. The number of nitrogens with zero attached hydrogens (tertiary/aromatic N) is 2. The molecule has 1 aliphatic heterocycles. The summed E-state index contributed by atoms with van der Waals surface area (Å²) in [7, 11) is 4.00. The van der Waals surface area contributed by atoms with Gasteiger partial charge in [0.05, 0.1) is 0 Å². The Hall–Kier alpha value is 0.00234. The van der Waals surface area contributed by atoms with E-state index >= 15 is 0 Å². The van der Waals surface area contributed by atoms with Crippen LogP contribution < -0.4 is 0 Å². The molecule has 0 saturated heterocycles. The molecule has 1 aliphatic rings. The minimum Gasteiger partial charge on any atom is -0.511 e. The molecule has 0 aromatic rings. The minimum atomic E-state index is 0. The Morgan fingerprint density at radius 3 is 1.31 bits per heavy atom. The van der Waals surface area contributed by atoms with E-state index in [9.17, 15) is 0 Å². The summed E-state index contributed by atoms with van der Waals surface area (Å²) >= 11 is 0. The topological polar surface area (TPSA) is 6.48 Å². The smallest absolute Gasteiger partial charge is 0 e. The summed E-state index contributed by atoms with van der Waals surface area (Å²) in [6.45, 7) is 6.25. The van der Waals surface area contributed by atoms with Crippen LogP contribution in [0.4, 0.5) is 0 Å². The van der Waals surface area contributed by atoms with Gasteiger partial charge in [-0.25, -0.2) is 0 Å². The van der Waals surface area contributed by atoms with Crippen LogP contribution in [0, 0.1) is 21.5 Å². The van der Waals surface area contributed by atoms with Gasteiger partial charge in [-0.1, -0.05) is 20.3 Å². The predicted molar refractivity (Wildman–Crippen MR) is 57.8 cm³/mol. The first kappa shape index (κ1) is 23.1. The molecular weight excluding hydrogens is 255 g/mol. The molecule has 0 atom stereocenters. The molecule has 0 saturated carbocycles. The third-order valence-corrected chi connectivity index (χ3v) is 0.901. The zero-order chi connectivity index (χ0) is 7.98. The minimum absolute atomic E-state index is 0. The van der Waals surface area contributed by atoms with Crippen LogP contribution in [0.1, 0.15) is 20.3 Å². The van der Waals surface area contributed by atoms with Gasteiger partial charge in [-0.15, -0.1) is 0 Å². The molecule has 3 heteroatoms. The second-order valence-electron chi connectivity index (χ2n) is 2.45. The van der Waals surface area contributed by atoms with Crippen LogP contribution in [0.5, 0.6) is 0 Å². The van der Waals surface area contributed by atoms with E-state index in [4.69, 9.17) is 0 Å². The molecule has 0 aliphatic carbocycles. The Kier molecular flexibility index (Phi) is 25.8. The second-order valence-corrected chi connectivity index (χ2v) is 2.45. The fourth-order valence-corrected chi connectivity index (χ4v) is 0.575. The van der Waals surface area contributed by atoms with E-state index in [1.54, 1.807) is 0 Å². The second kappa shape index (κ2) is 14.5. The van der Waals surface area contributed by atoms with Crippen molar-refractivity contribution in [2.75, 3.05) is 14.1 Å². The first-order chi connectivity index (χ1) is 4.70. The summed E-state index contributed by atoms with van der Waals surface area (Å²) in [5, 5.41) is 0. The van der Waals surface area contributed by atoms with Crippen LogP contribution >= 0.6 is 0 Å². The van der Waals surface area contributed by atoms with Crippen LogP contribution in [-0.2, 0) is 20.4 Å². The quantitative estimate of drug-likeness (QED) is 0.496. The Balaban J connectivity index is -0.0000000615. The van der Waals surface area contributed by atoms with E-state index in [-0.39, 0.29) is 35.3 Å². The van der Waals surface area contributed by atoms with Gasteiger partial charge < -0.3 is 24.7 Å². The molecule has 1 rings (SSSR count). The van der Waals surface area contributed by atoms with E-state index in [0.717, 1.165) is 0 Å². The van der Waals surface area contributed by atoms with Crippen LogP contribution in [0.25, 0.3) is 0 Å². The van der Waals surface area contributed by atoms with E-state index < -0.39 is 0 Å². The van der Waals surface area contributed by atoms with Crippen molar-refractivity contribution in [1.29, 1.82) is 0 Å². The molecule has 0 aromatic heterocycles. The van der Waals surface area contributed by atoms with E-state index in [1.807, 2.05) is 43.0 Å². The Labute approximate surface area is 98.6 Å². The third kappa shape index (κ3) is 14.8. The first-order valence-corrected chi connectivity index (χ1v) is 3.67. The average molecular weight is 278 g/mol. The Bertz CT molecular complexity index is 95.1. The Morgan fingerprint density at radius 1 is 1.00 bits per heavy atom. The van der Waals surface area contributed by atoms with E-state index in [0.29, 0.717) is 0 Å². The van der Waals surface area contributed by atoms with Gasteiger partial charge in [0.15, 0.2) is 0 Å². The van der Waals surface area contributed by atoms with Crippen molar-refractivity contribution in [1.82, 2.24) is 9.80 Å². The summed E-state index contributed by atoms with van der Waals surface area (Å²) < 4.78 is 0.